The quantitative estimate of drug-likeness (QED) is 0.829. The van der Waals surface area contributed by atoms with Crippen LogP contribution >= 0.6 is 0 Å². The van der Waals surface area contributed by atoms with Crippen LogP contribution in [0.3, 0.4) is 0 Å². The number of hydrogen-bond acceptors (Lipinski definition) is 4. The maximum atomic E-state index is 12.1. The van der Waals surface area contributed by atoms with Gasteiger partial charge in [0.05, 0.1) is 18.0 Å². The zero-order valence-corrected chi connectivity index (χ0v) is 10.1. The van der Waals surface area contributed by atoms with Gasteiger partial charge in [0.15, 0.2) is 0 Å². The maximum absolute atomic E-state index is 12.1. The third-order valence-electron chi connectivity index (χ3n) is 3.23. The van der Waals surface area contributed by atoms with Gasteiger partial charge in [-0.05, 0) is 38.4 Å². The smallest absolute Gasteiger partial charge is 0.255 e. The molecule has 1 N–H and O–H groups in total. The molecule has 0 atom stereocenters. The molecule has 0 radical (unpaired) electrons. The topological polar surface area (TPSA) is 58.1 Å². The SMILES string of the molecule is CNCC1CCN(C(=O)c2ccnnc2)CC1. The van der Waals surface area contributed by atoms with Crippen LogP contribution in [0.25, 0.3) is 0 Å². The zero-order chi connectivity index (χ0) is 12.1. The van der Waals surface area contributed by atoms with Crippen LogP contribution in [0.15, 0.2) is 18.5 Å². The molecule has 0 aliphatic carbocycles. The van der Waals surface area contributed by atoms with Crippen molar-refractivity contribution in [2.75, 3.05) is 26.7 Å². The molecule has 17 heavy (non-hydrogen) atoms. The molecule has 2 rings (SSSR count). The summed E-state index contributed by atoms with van der Waals surface area (Å²) in [5.41, 5.74) is 0.632. The summed E-state index contributed by atoms with van der Waals surface area (Å²) >= 11 is 0. The molecular formula is C12H18N4O. The van der Waals surface area contributed by atoms with E-state index >= 15 is 0 Å². The summed E-state index contributed by atoms with van der Waals surface area (Å²) in [6.07, 6.45) is 5.24. The molecule has 5 heteroatoms. The summed E-state index contributed by atoms with van der Waals surface area (Å²) in [6.45, 7) is 2.72. The number of aromatic nitrogens is 2. The Labute approximate surface area is 101 Å². The van der Waals surface area contributed by atoms with Gasteiger partial charge in [-0.25, -0.2) is 0 Å². The Morgan fingerprint density at radius 1 is 1.47 bits per heavy atom. The van der Waals surface area contributed by atoms with Crippen LogP contribution in [0.5, 0.6) is 0 Å². The van der Waals surface area contributed by atoms with E-state index in [0.29, 0.717) is 11.5 Å². The van der Waals surface area contributed by atoms with Crippen LogP contribution in [-0.2, 0) is 0 Å². The highest BCUT2D eigenvalue weighted by Crippen LogP contribution is 2.17. The van der Waals surface area contributed by atoms with Crippen LogP contribution in [0, 0.1) is 5.92 Å². The maximum Gasteiger partial charge on any atom is 0.255 e. The Hall–Kier alpha value is -1.49. The van der Waals surface area contributed by atoms with E-state index < -0.39 is 0 Å². The van der Waals surface area contributed by atoms with Crippen molar-refractivity contribution in [3.63, 3.8) is 0 Å². The molecule has 0 spiro atoms. The lowest BCUT2D eigenvalue weighted by molar-refractivity contribution is 0.0690. The monoisotopic (exact) mass is 234 g/mol. The summed E-state index contributed by atoms with van der Waals surface area (Å²) in [5, 5.41) is 10.6. The highest BCUT2D eigenvalue weighted by molar-refractivity contribution is 5.93. The van der Waals surface area contributed by atoms with E-state index in [9.17, 15) is 4.79 Å². The van der Waals surface area contributed by atoms with Gasteiger partial charge >= 0.3 is 0 Å². The van der Waals surface area contributed by atoms with Crippen LogP contribution in [-0.4, -0.2) is 47.7 Å². The molecule has 1 fully saturated rings. The summed E-state index contributed by atoms with van der Waals surface area (Å²) in [5.74, 6) is 0.766. The first-order valence-corrected chi connectivity index (χ1v) is 6.02. The minimum Gasteiger partial charge on any atom is -0.339 e. The van der Waals surface area contributed by atoms with Crippen molar-refractivity contribution in [1.82, 2.24) is 20.4 Å². The van der Waals surface area contributed by atoms with Crippen LogP contribution in [0.1, 0.15) is 23.2 Å². The molecule has 1 saturated heterocycles. The van der Waals surface area contributed by atoms with E-state index in [2.05, 4.69) is 15.5 Å². The Morgan fingerprint density at radius 3 is 2.82 bits per heavy atom. The second-order valence-electron chi connectivity index (χ2n) is 4.42. The summed E-state index contributed by atoms with van der Waals surface area (Å²) in [6, 6.07) is 1.72. The second-order valence-corrected chi connectivity index (χ2v) is 4.42. The predicted octanol–water partition coefficient (Wildman–Crippen LogP) is 0.548. The van der Waals surface area contributed by atoms with Gasteiger partial charge in [-0.1, -0.05) is 0 Å². The van der Waals surface area contributed by atoms with Gasteiger partial charge in [0, 0.05) is 13.1 Å². The van der Waals surface area contributed by atoms with Gasteiger partial charge in [0.25, 0.3) is 5.91 Å². The highest BCUT2D eigenvalue weighted by atomic mass is 16.2. The molecule has 0 bridgehead atoms. The highest BCUT2D eigenvalue weighted by Gasteiger charge is 2.23. The number of piperidine rings is 1. The minimum atomic E-state index is 0.0720. The lowest BCUT2D eigenvalue weighted by Crippen LogP contribution is -2.40. The fraction of sp³-hybridized carbons (Fsp3) is 0.583. The van der Waals surface area contributed by atoms with Crippen molar-refractivity contribution < 1.29 is 4.79 Å². The Bertz CT molecular complexity index is 360. The predicted molar refractivity (Wildman–Crippen MR) is 64.6 cm³/mol. The number of amides is 1. The summed E-state index contributed by atoms with van der Waals surface area (Å²) < 4.78 is 0. The van der Waals surface area contributed by atoms with Crippen molar-refractivity contribution in [2.24, 2.45) is 5.92 Å². The molecule has 1 aromatic rings. The van der Waals surface area contributed by atoms with Crippen molar-refractivity contribution in [3.8, 4) is 0 Å². The number of rotatable bonds is 3. The van der Waals surface area contributed by atoms with Crippen molar-refractivity contribution >= 4 is 5.91 Å². The molecule has 0 unspecified atom stereocenters. The first-order valence-electron chi connectivity index (χ1n) is 6.02. The molecular weight excluding hydrogens is 216 g/mol. The number of nitrogens with zero attached hydrogens (tertiary/aromatic N) is 3. The average Bonchev–Trinajstić information content (AvgIpc) is 2.40. The van der Waals surface area contributed by atoms with Crippen molar-refractivity contribution in [1.29, 1.82) is 0 Å². The summed E-state index contributed by atoms with van der Waals surface area (Å²) in [4.78, 5) is 14.0. The number of carbonyl (C=O) groups excluding carboxylic acids is 1. The normalized spacial score (nSPS) is 17.1. The number of likely N-dealkylation sites (tertiary alicyclic amines) is 1. The minimum absolute atomic E-state index is 0.0720. The lowest BCUT2D eigenvalue weighted by Gasteiger charge is -2.31. The molecule has 1 aliphatic rings. The van der Waals surface area contributed by atoms with E-state index in [0.717, 1.165) is 32.5 Å². The number of carbonyl (C=O) groups is 1. The molecule has 1 aliphatic heterocycles. The molecule has 1 aromatic heterocycles. The largest absolute Gasteiger partial charge is 0.339 e. The van der Waals surface area contributed by atoms with Gasteiger partial charge in [0.1, 0.15) is 0 Å². The molecule has 92 valence electrons. The second kappa shape index (κ2) is 5.72. The molecule has 5 nitrogen and oxygen atoms in total. The van der Waals surface area contributed by atoms with Gasteiger partial charge in [-0.3, -0.25) is 4.79 Å². The van der Waals surface area contributed by atoms with E-state index in [1.165, 1.54) is 6.20 Å². The summed E-state index contributed by atoms with van der Waals surface area (Å²) in [7, 11) is 1.97. The number of hydrogen-bond donors (Lipinski definition) is 1. The lowest BCUT2D eigenvalue weighted by atomic mass is 9.96. The van der Waals surface area contributed by atoms with E-state index in [1.54, 1.807) is 12.3 Å². The van der Waals surface area contributed by atoms with E-state index in [4.69, 9.17) is 0 Å². The van der Waals surface area contributed by atoms with Crippen LogP contribution in [0.4, 0.5) is 0 Å². The van der Waals surface area contributed by atoms with Gasteiger partial charge in [-0.15, -0.1) is 0 Å². The molecule has 1 amide bonds. The molecule has 0 aromatic carbocycles. The van der Waals surface area contributed by atoms with E-state index in [-0.39, 0.29) is 5.91 Å². The molecule has 0 saturated carbocycles. The molecule has 2 heterocycles. The fourth-order valence-electron chi connectivity index (χ4n) is 2.23. The first kappa shape index (κ1) is 12.0. The Balaban J connectivity index is 1.91. The Kier molecular flexibility index (Phi) is 4.03. The first-order chi connectivity index (χ1) is 8.31. The van der Waals surface area contributed by atoms with Crippen LogP contribution < -0.4 is 5.32 Å². The van der Waals surface area contributed by atoms with Crippen molar-refractivity contribution in [3.05, 3.63) is 24.0 Å². The third-order valence-corrected chi connectivity index (χ3v) is 3.23. The van der Waals surface area contributed by atoms with Crippen molar-refractivity contribution in [2.45, 2.75) is 12.8 Å². The van der Waals surface area contributed by atoms with Gasteiger partial charge in [-0.2, -0.15) is 10.2 Å². The van der Waals surface area contributed by atoms with Gasteiger partial charge < -0.3 is 10.2 Å². The zero-order valence-electron chi connectivity index (χ0n) is 10.1. The average molecular weight is 234 g/mol. The van der Waals surface area contributed by atoms with Crippen LogP contribution in [0.2, 0.25) is 0 Å². The fourth-order valence-corrected chi connectivity index (χ4v) is 2.23. The van der Waals surface area contributed by atoms with Gasteiger partial charge in [0.2, 0.25) is 0 Å². The third kappa shape index (κ3) is 3.00. The Morgan fingerprint density at radius 2 is 2.24 bits per heavy atom. The number of nitrogens with one attached hydrogen (secondary N) is 1. The van der Waals surface area contributed by atoms with E-state index in [1.807, 2.05) is 11.9 Å². The standard InChI is InChI=1S/C12H18N4O/c1-13-8-10-3-6-16(7-4-10)12(17)11-2-5-14-15-9-11/h2,5,9-10,13H,3-4,6-8H2,1H3.